The van der Waals surface area contributed by atoms with Gasteiger partial charge in [-0.1, -0.05) is 6.07 Å². The van der Waals surface area contributed by atoms with Crippen LogP contribution >= 0.6 is 0 Å². The summed E-state index contributed by atoms with van der Waals surface area (Å²) in [5.41, 5.74) is 1.20. The lowest BCUT2D eigenvalue weighted by atomic mass is 10.1. The first kappa shape index (κ1) is 18.0. The molecular weight excluding hydrogens is 294 g/mol. The minimum atomic E-state index is 0.127. The minimum Gasteiger partial charge on any atom is -0.493 e. The molecule has 0 saturated carbocycles. The molecular formula is C18H29NO4. The van der Waals surface area contributed by atoms with Crippen LogP contribution in [0.3, 0.4) is 0 Å². The Kier molecular flexibility index (Phi) is 6.69. The molecule has 5 nitrogen and oxygen atoms in total. The Labute approximate surface area is 139 Å². The lowest BCUT2D eigenvalue weighted by Crippen LogP contribution is -2.32. The summed E-state index contributed by atoms with van der Waals surface area (Å²) in [4.78, 5) is 2.41. The smallest absolute Gasteiger partial charge is 0.161 e. The van der Waals surface area contributed by atoms with E-state index in [1.807, 2.05) is 19.9 Å². The largest absolute Gasteiger partial charge is 0.493 e. The van der Waals surface area contributed by atoms with E-state index in [9.17, 15) is 0 Å². The van der Waals surface area contributed by atoms with Gasteiger partial charge in [-0.05, 0) is 38.0 Å². The van der Waals surface area contributed by atoms with Gasteiger partial charge in [-0.25, -0.2) is 0 Å². The zero-order valence-corrected chi connectivity index (χ0v) is 14.9. The molecule has 0 aromatic heterocycles. The number of likely N-dealkylation sites (tertiary alicyclic amines) is 1. The Morgan fingerprint density at radius 1 is 1.17 bits per heavy atom. The molecule has 1 aromatic rings. The number of hydrogen-bond acceptors (Lipinski definition) is 5. The lowest BCUT2D eigenvalue weighted by Gasteiger charge is -2.24. The molecule has 5 heteroatoms. The molecule has 0 amide bonds. The second kappa shape index (κ2) is 8.52. The fourth-order valence-corrected chi connectivity index (χ4v) is 3.06. The molecule has 1 aliphatic rings. The van der Waals surface area contributed by atoms with Crippen LogP contribution in [0.1, 0.15) is 25.8 Å². The van der Waals surface area contributed by atoms with Crippen LogP contribution < -0.4 is 9.47 Å². The second-order valence-electron chi connectivity index (χ2n) is 6.28. The molecule has 0 unspecified atom stereocenters. The van der Waals surface area contributed by atoms with E-state index < -0.39 is 0 Å². The van der Waals surface area contributed by atoms with Crippen molar-refractivity contribution in [2.24, 2.45) is 0 Å². The van der Waals surface area contributed by atoms with Crippen molar-refractivity contribution in [2.45, 2.75) is 45.1 Å². The maximum absolute atomic E-state index is 5.78. The Balaban J connectivity index is 2.09. The Hall–Kier alpha value is -1.30. The molecule has 0 aliphatic carbocycles. The number of benzene rings is 1. The molecule has 1 aliphatic heterocycles. The molecule has 1 aromatic carbocycles. The zero-order valence-electron chi connectivity index (χ0n) is 14.9. The highest BCUT2D eigenvalue weighted by molar-refractivity contribution is 5.43. The van der Waals surface area contributed by atoms with Crippen LogP contribution in [-0.2, 0) is 16.0 Å². The van der Waals surface area contributed by atoms with Gasteiger partial charge in [0, 0.05) is 33.4 Å². The highest BCUT2D eigenvalue weighted by Gasteiger charge is 2.32. The van der Waals surface area contributed by atoms with Crippen LogP contribution in [0.15, 0.2) is 18.2 Å². The molecule has 0 N–H and O–H groups in total. The van der Waals surface area contributed by atoms with E-state index in [4.69, 9.17) is 18.9 Å². The lowest BCUT2D eigenvalue weighted by molar-refractivity contribution is 0.106. The predicted octanol–water partition coefficient (Wildman–Crippen LogP) is 2.72. The van der Waals surface area contributed by atoms with Crippen LogP contribution in [0.4, 0.5) is 0 Å². The predicted molar refractivity (Wildman–Crippen MR) is 90.2 cm³/mol. The quantitative estimate of drug-likeness (QED) is 0.736. The van der Waals surface area contributed by atoms with E-state index >= 15 is 0 Å². The molecule has 2 atom stereocenters. The number of ether oxygens (including phenoxy) is 4. The summed E-state index contributed by atoms with van der Waals surface area (Å²) in [5, 5.41) is 0. The Morgan fingerprint density at radius 2 is 1.96 bits per heavy atom. The van der Waals surface area contributed by atoms with Gasteiger partial charge >= 0.3 is 0 Å². The summed E-state index contributed by atoms with van der Waals surface area (Å²) in [7, 11) is 5.20. The SMILES string of the molecule is COC[C@@H]1C[C@@H](OC)CN1Cc1ccc(OC(C)C)c(OC)c1. The van der Waals surface area contributed by atoms with E-state index in [0.717, 1.165) is 37.6 Å². The molecule has 2 rings (SSSR count). The van der Waals surface area contributed by atoms with Gasteiger partial charge in [0.2, 0.25) is 0 Å². The van der Waals surface area contributed by atoms with E-state index in [1.54, 1.807) is 21.3 Å². The summed E-state index contributed by atoms with van der Waals surface area (Å²) >= 11 is 0. The molecule has 130 valence electrons. The van der Waals surface area contributed by atoms with Gasteiger partial charge in [-0.15, -0.1) is 0 Å². The van der Waals surface area contributed by atoms with Crippen molar-refractivity contribution in [3.05, 3.63) is 23.8 Å². The topological polar surface area (TPSA) is 40.2 Å². The summed E-state index contributed by atoms with van der Waals surface area (Å²) in [5.74, 6) is 1.57. The second-order valence-corrected chi connectivity index (χ2v) is 6.28. The number of methoxy groups -OCH3 is 3. The molecule has 1 heterocycles. The highest BCUT2D eigenvalue weighted by atomic mass is 16.5. The van der Waals surface area contributed by atoms with Crippen LogP contribution in [-0.4, -0.2) is 57.6 Å². The van der Waals surface area contributed by atoms with Crippen molar-refractivity contribution in [3.8, 4) is 11.5 Å². The number of rotatable bonds is 8. The van der Waals surface area contributed by atoms with Crippen LogP contribution in [0.5, 0.6) is 11.5 Å². The minimum absolute atomic E-state index is 0.127. The van der Waals surface area contributed by atoms with Crippen molar-refractivity contribution in [3.63, 3.8) is 0 Å². The van der Waals surface area contributed by atoms with Gasteiger partial charge in [0.15, 0.2) is 11.5 Å². The van der Waals surface area contributed by atoms with Gasteiger partial charge in [-0.3, -0.25) is 4.90 Å². The molecule has 1 saturated heterocycles. The van der Waals surface area contributed by atoms with Crippen LogP contribution in [0.2, 0.25) is 0 Å². The summed E-state index contributed by atoms with van der Waals surface area (Å²) in [6, 6.07) is 6.54. The molecule has 0 radical (unpaired) electrons. The van der Waals surface area contributed by atoms with Crippen molar-refractivity contribution < 1.29 is 18.9 Å². The maximum atomic E-state index is 5.78. The van der Waals surface area contributed by atoms with Crippen molar-refractivity contribution >= 4 is 0 Å². The molecule has 23 heavy (non-hydrogen) atoms. The summed E-state index contributed by atoms with van der Waals surface area (Å²) in [6.07, 6.45) is 1.42. The van der Waals surface area contributed by atoms with Crippen LogP contribution in [0.25, 0.3) is 0 Å². The third-order valence-electron chi connectivity index (χ3n) is 4.16. The number of hydrogen-bond donors (Lipinski definition) is 0. The van der Waals surface area contributed by atoms with E-state index in [0.29, 0.717) is 6.04 Å². The first-order valence-corrected chi connectivity index (χ1v) is 8.16. The van der Waals surface area contributed by atoms with E-state index in [2.05, 4.69) is 17.0 Å². The van der Waals surface area contributed by atoms with Crippen molar-refractivity contribution in [2.75, 3.05) is 34.5 Å². The highest BCUT2D eigenvalue weighted by Crippen LogP contribution is 2.30. The first-order chi connectivity index (χ1) is 11.1. The molecule has 1 fully saturated rings. The van der Waals surface area contributed by atoms with E-state index in [1.165, 1.54) is 5.56 Å². The van der Waals surface area contributed by atoms with Crippen molar-refractivity contribution in [1.29, 1.82) is 0 Å². The third-order valence-corrected chi connectivity index (χ3v) is 4.16. The van der Waals surface area contributed by atoms with Gasteiger partial charge in [0.1, 0.15) is 0 Å². The van der Waals surface area contributed by atoms with Crippen molar-refractivity contribution in [1.82, 2.24) is 4.90 Å². The van der Waals surface area contributed by atoms with Crippen LogP contribution in [0, 0.1) is 0 Å². The van der Waals surface area contributed by atoms with E-state index in [-0.39, 0.29) is 12.2 Å². The van der Waals surface area contributed by atoms with Gasteiger partial charge in [0.25, 0.3) is 0 Å². The fourth-order valence-electron chi connectivity index (χ4n) is 3.06. The summed E-state index contributed by atoms with van der Waals surface area (Å²) < 4.78 is 22.1. The van der Waals surface area contributed by atoms with Gasteiger partial charge < -0.3 is 18.9 Å². The molecule has 0 spiro atoms. The Bertz CT molecular complexity index is 492. The maximum Gasteiger partial charge on any atom is 0.161 e. The standard InChI is InChI=1S/C18H29NO4/c1-13(2)23-17-7-6-14(8-18(17)22-5)10-19-11-16(21-4)9-15(19)12-20-3/h6-8,13,15-16H,9-12H2,1-5H3/t15-,16+/m0/s1. The monoisotopic (exact) mass is 323 g/mol. The fraction of sp³-hybridized carbons (Fsp3) is 0.667. The molecule has 0 bridgehead atoms. The Morgan fingerprint density at radius 3 is 2.57 bits per heavy atom. The average molecular weight is 323 g/mol. The average Bonchev–Trinajstić information content (AvgIpc) is 2.91. The number of nitrogens with zero attached hydrogens (tertiary/aromatic N) is 1. The van der Waals surface area contributed by atoms with Gasteiger partial charge in [-0.2, -0.15) is 0 Å². The normalized spacial score (nSPS) is 21.8. The zero-order chi connectivity index (χ0) is 16.8. The third kappa shape index (κ3) is 4.83. The summed E-state index contributed by atoms with van der Waals surface area (Å²) in [6.45, 7) is 6.53. The van der Waals surface area contributed by atoms with Gasteiger partial charge in [0.05, 0.1) is 25.9 Å². The first-order valence-electron chi connectivity index (χ1n) is 8.16.